The molecule has 0 aliphatic heterocycles. The molecule has 0 radical (unpaired) electrons. The first-order valence-corrected chi connectivity index (χ1v) is 7.36. The lowest BCUT2D eigenvalue weighted by Crippen LogP contribution is -2.01. The molecule has 0 fully saturated rings. The normalized spacial score (nSPS) is 12.1. The second kappa shape index (κ2) is 6.08. The summed E-state index contributed by atoms with van der Waals surface area (Å²) in [7, 11) is 0.335. The number of hydrogen-bond acceptors (Lipinski definition) is 3. The Morgan fingerprint density at radius 1 is 1.26 bits per heavy atom. The second-order valence-corrected chi connectivity index (χ2v) is 5.88. The second-order valence-electron chi connectivity index (χ2n) is 4.02. The molecule has 2 aromatic carbocycles. The van der Waals surface area contributed by atoms with Crippen LogP contribution in [0.15, 0.2) is 47.4 Å². The molecule has 1 atom stereocenters. The zero-order valence-corrected chi connectivity index (χ0v) is 12.0. The number of hydrogen-bond donors (Lipinski definition) is 1. The highest BCUT2D eigenvalue weighted by Crippen LogP contribution is 2.25. The van der Waals surface area contributed by atoms with E-state index in [-0.39, 0.29) is 0 Å². The standard InChI is InChI=1S/C14H14ClNO2S/c1-18-12-5-6-13(16)14(8-12)19(17)9-10-3-2-4-11(15)7-10/h2-8H,9,16H2,1H3. The van der Waals surface area contributed by atoms with Crippen LogP contribution in [0.3, 0.4) is 0 Å². The van der Waals surface area contributed by atoms with Gasteiger partial charge in [0.15, 0.2) is 0 Å². The summed E-state index contributed by atoms with van der Waals surface area (Å²) in [5.74, 6) is 1.02. The van der Waals surface area contributed by atoms with Crippen LogP contribution in [0.25, 0.3) is 0 Å². The van der Waals surface area contributed by atoms with Crippen molar-refractivity contribution in [2.24, 2.45) is 0 Å². The number of benzene rings is 2. The van der Waals surface area contributed by atoms with Crippen LogP contribution in [0.5, 0.6) is 5.75 Å². The molecule has 19 heavy (non-hydrogen) atoms. The van der Waals surface area contributed by atoms with Crippen molar-refractivity contribution in [3.8, 4) is 5.75 Å². The van der Waals surface area contributed by atoms with Crippen LogP contribution in [-0.4, -0.2) is 11.3 Å². The van der Waals surface area contributed by atoms with E-state index in [1.165, 1.54) is 0 Å². The Morgan fingerprint density at radius 2 is 2.05 bits per heavy atom. The largest absolute Gasteiger partial charge is 0.497 e. The van der Waals surface area contributed by atoms with Crippen molar-refractivity contribution in [1.29, 1.82) is 0 Å². The molecule has 2 aromatic rings. The third-order valence-electron chi connectivity index (χ3n) is 2.65. The summed E-state index contributed by atoms with van der Waals surface area (Å²) in [6, 6.07) is 12.5. The third-order valence-corrected chi connectivity index (χ3v) is 4.33. The fraction of sp³-hybridized carbons (Fsp3) is 0.143. The minimum absolute atomic E-state index is 0.373. The number of ether oxygens (including phenoxy) is 1. The molecule has 1 unspecified atom stereocenters. The average molecular weight is 296 g/mol. The van der Waals surface area contributed by atoms with Crippen molar-refractivity contribution in [2.75, 3.05) is 12.8 Å². The molecule has 0 heterocycles. The Balaban J connectivity index is 2.25. The highest BCUT2D eigenvalue weighted by molar-refractivity contribution is 7.84. The van der Waals surface area contributed by atoms with Crippen molar-refractivity contribution >= 4 is 28.1 Å². The maximum Gasteiger partial charge on any atom is 0.120 e. The van der Waals surface area contributed by atoms with Gasteiger partial charge in [0, 0.05) is 10.7 Å². The molecule has 0 aliphatic rings. The van der Waals surface area contributed by atoms with Crippen LogP contribution in [0, 0.1) is 0 Å². The van der Waals surface area contributed by atoms with E-state index >= 15 is 0 Å². The van der Waals surface area contributed by atoms with Gasteiger partial charge in [0.1, 0.15) is 5.75 Å². The summed E-state index contributed by atoms with van der Waals surface area (Å²) in [6.07, 6.45) is 0. The molecule has 0 spiro atoms. The average Bonchev–Trinajstić information content (AvgIpc) is 2.39. The summed E-state index contributed by atoms with van der Waals surface area (Å²) in [5, 5.41) is 0.633. The molecule has 0 aliphatic carbocycles. The summed E-state index contributed by atoms with van der Waals surface area (Å²) in [6.45, 7) is 0. The van der Waals surface area contributed by atoms with Gasteiger partial charge in [-0.1, -0.05) is 23.7 Å². The van der Waals surface area contributed by atoms with Gasteiger partial charge in [-0.25, -0.2) is 0 Å². The molecule has 0 saturated carbocycles. The van der Waals surface area contributed by atoms with Gasteiger partial charge in [-0.2, -0.15) is 0 Å². The minimum atomic E-state index is -1.23. The van der Waals surface area contributed by atoms with E-state index in [0.29, 0.717) is 27.1 Å². The van der Waals surface area contributed by atoms with E-state index < -0.39 is 10.8 Å². The Kier molecular flexibility index (Phi) is 4.45. The van der Waals surface area contributed by atoms with Gasteiger partial charge < -0.3 is 10.5 Å². The maximum absolute atomic E-state index is 12.3. The number of rotatable bonds is 4. The molecular weight excluding hydrogens is 282 g/mol. The minimum Gasteiger partial charge on any atom is -0.497 e. The van der Waals surface area contributed by atoms with E-state index in [1.807, 2.05) is 12.1 Å². The fourth-order valence-corrected chi connectivity index (χ4v) is 3.12. The fourth-order valence-electron chi connectivity index (χ4n) is 1.69. The summed E-state index contributed by atoms with van der Waals surface area (Å²) < 4.78 is 17.5. The Hall–Kier alpha value is -1.52. The first-order valence-electron chi connectivity index (χ1n) is 5.66. The summed E-state index contributed by atoms with van der Waals surface area (Å²) >= 11 is 5.91. The number of halogens is 1. The van der Waals surface area contributed by atoms with E-state index in [0.717, 1.165) is 5.56 Å². The predicted octanol–water partition coefficient (Wildman–Crippen LogP) is 3.24. The van der Waals surface area contributed by atoms with E-state index in [1.54, 1.807) is 37.4 Å². The first-order chi connectivity index (χ1) is 9.10. The van der Waals surface area contributed by atoms with Gasteiger partial charge >= 0.3 is 0 Å². The zero-order valence-electron chi connectivity index (χ0n) is 10.4. The van der Waals surface area contributed by atoms with Crippen molar-refractivity contribution in [3.05, 3.63) is 53.1 Å². The van der Waals surface area contributed by atoms with Crippen LogP contribution in [0.1, 0.15) is 5.56 Å². The summed E-state index contributed by atoms with van der Waals surface area (Å²) in [4.78, 5) is 0.583. The highest BCUT2D eigenvalue weighted by Gasteiger charge is 2.10. The predicted molar refractivity (Wildman–Crippen MR) is 79.0 cm³/mol. The number of anilines is 1. The lowest BCUT2D eigenvalue weighted by molar-refractivity contribution is 0.413. The smallest absolute Gasteiger partial charge is 0.120 e. The van der Waals surface area contributed by atoms with E-state index in [2.05, 4.69) is 0 Å². The Morgan fingerprint density at radius 3 is 2.74 bits per heavy atom. The molecular formula is C14H14ClNO2S. The first kappa shape index (κ1) is 13.9. The number of methoxy groups -OCH3 is 1. The topological polar surface area (TPSA) is 52.3 Å². The maximum atomic E-state index is 12.3. The molecule has 0 saturated heterocycles. The van der Waals surface area contributed by atoms with Crippen LogP contribution >= 0.6 is 11.6 Å². The van der Waals surface area contributed by atoms with E-state index in [9.17, 15) is 4.21 Å². The van der Waals surface area contributed by atoms with Crippen molar-refractivity contribution < 1.29 is 8.95 Å². The van der Waals surface area contributed by atoms with Crippen LogP contribution in [-0.2, 0) is 16.6 Å². The van der Waals surface area contributed by atoms with Crippen LogP contribution in [0.2, 0.25) is 5.02 Å². The van der Waals surface area contributed by atoms with Gasteiger partial charge in [0.05, 0.1) is 28.6 Å². The number of nitrogens with two attached hydrogens (primary N) is 1. The SMILES string of the molecule is COc1ccc(N)c(S(=O)Cc2cccc(Cl)c2)c1. The molecule has 3 nitrogen and oxygen atoms in total. The van der Waals surface area contributed by atoms with Crippen molar-refractivity contribution in [1.82, 2.24) is 0 Å². The van der Waals surface area contributed by atoms with E-state index in [4.69, 9.17) is 22.1 Å². The molecule has 100 valence electrons. The lowest BCUT2D eigenvalue weighted by Gasteiger charge is -2.08. The van der Waals surface area contributed by atoms with Gasteiger partial charge in [0.2, 0.25) is 0 Å². The molecule has 0 aromatic heterocycles. The quantitative estimate of drug-likeness (QED) is 0.881. The van der Waals surface area contributed by atoms with Crippen LogP contribution < -0.4 is 10.5 Å². The highest BCUT2D eigenvalue weighted by atomic mass is 35.5. The Labute approximate surface area is 119 Å². The zero-order chi connectivity index (χ0) is 13.8. The van der Waals surface area contributed by atoms with Gasteiger partial charge in [-0.05, 0) is 35.9 Å². The van der Waals surface area contributed by atoms with Gasteiger partial charge in [0.25, 0.3) is 0 Å². The lowest BCUT2D eigenvalue weighted by atomic mass is 10.2. The molecule has 2 N–H and O–H groups in total. The molecule has 0 amide bonds. The van der Waals surface area contributed by atoms with Gasteiger partial charge in [-0.3, -0.25) is 4.21 Å². The van der Waals surface area contributed by atoms with Crippen molar-refractivity contribution in [3.63, 3.8) is 0 Å². The Bertz CT molecular complexity index is 616. The monoisotopic (exact) mass is 295 g/mol. The van der Waals surface area contributed by atoms with Crippen LogP contribution in [0.4, 0.5) is 5.69 Å². The summed E-state index contributed by atoms with van der Waals surface area (Å²) in [5.41, 5.74) is 7.27. The molecule has 0 bridgehead atoms. The molecule has 2 rings (SSSR count). The van der Waals surface area contributed by atoms with Crippen molar-refractivity contribution in [2.45, 2.75) is 10.6 Å². The third kappa shape index (κ3) is 3.49. The molecule has 5 heteroatoms. The van der Waals surface area contributed by atoms with Gasteiger partial charge in [-0.15, -0.1) is 0 Å². The number of nitrogen functional groups attached to an aromatic ring is 1.